The van der Waals surface area contributed by atoms with Crippen LogP contribution in [0.25, 0.3) is 0 Å². The Kier molecular flexibility index (Phi) is 4.32. The highest BCUT2D eigenvalue weighted by Gasteiger charge is 2.09. The number of aromatic carboxylic acids is 1. The summed E-state index contributed by atoms with van der Waals surface area (Å²) in [6.45, 7) is 1.96. The average Bonchev–Trinajstić information content (AvgIpc) is 2.89. The third-order valence-corrected chi connectivity index (χ3v) is 2.91. The van der Waals surface area contributed by atoms with E-state index in [1.807, 2.05) is 0 Å². The number of hydrogen-bond donors (Lipinski definition) is 2. The second-order valence-electron chi connectivity index (χ2n) is 4.55. The molecule has 1 amide bonds. The predicted molar refractivity (Wildman–Crippen MR) is 73.6 cm³/mol. The van der Waals surface area contributed by atoms with Crippen LogP contribution in [-0.4, -0.2) is 26.8 Å². The lowest BCUT2D eigenvalue weighted by atomic mass is 10.2. The zero-order valence-corrected chi connectivity index (χ0v) is 11.3. The molecule has 110 valence electrons. The summed E-state index contributed by atoms with van der Waals surface area (Å²) in [5.41, 5.74) is 1.26. The molecule has 0 unspecified atom stereocenters. The van der Waals surface area contributed by atoms with Crippen molar-refractivity contribution in [3.63, 3.8) is 0 Å². The highest BCUT2D eigenvalue weighted by atomic mass is 19.1. The van der Waals surface area contributed by atoms with E-state index >= 15 is 0 Å². The van der Waals surface area contributed by atoms with Crippen LogP contribution in [0, 0.1) is 12.7 Å². The van der Waals surface area contributed by atoms with E-state index in [0.29, 0.717) is 11.3 Å². The number of aryl methyl sites for hydroxylation is 2. The molecule has 2 aromatic rings. The second kappa shape index (κ2) is 6.17. The van der Waals surface area contributed by atoms with Gasteiger partial charge in [0.05, 0.1) is 11.8 Å². The molecule has 1 heterocycles. The summed E-state index contributed by atoms with van der Waals surface area (Å²) < 4.78 is 14.3. The Hall–Kier alpha value is -2.70. The van der Waals surface area contributed by atoms with Crippen LogP contribution >= 0.6 is 0 Å². The molecule has 0 aliphatic carbocycles. The number of rotatable bonds is 5. The molecule has 6 nitrogen and oxygen atoms in total. The van der Waals surface area contributed by atoms with Gasteiger partial charge in [-0.25, -0.2) is 9.18 Å². The first-order valence-electron chi connectivity index (χ1n) is 6.27. The fourth-order valence-electron chi connectivity index (χ4n) is 1.79. The van der Waals surface area contributed by atoms with Gasteiger partial charge in [-0.15, -0.1) is 0 Å². The average molecular weight is 291 g/mol. The summed E-state index contributed by atoms with van der Waals surface area (Å²) in [5.74, 6) is -1.67. The summed E-state index contributed by atoms with van der Waals surface area (Å²) >= 11 is 0. The van der Waals surface area contributed by atoms with Crippen LogP contribution < -0.4 is 5.32 Å². The largest absolute Gasteiger partial charge is 0.478 e. The maximum absolute atomic E-state index is 12.9. The van der Waals surface area contributed by atoms with Crippen molar-refractivity contribution in [2.45, 2.75) is 19.9 Å². The van der Waals surface area contributed by atoms with E-state index in [1.165, 1.54) is 35.3 Å². The molecule has 0 bridgehead atoms. The van der Waals surface area contributed by atoms with Crippen molar-refractivity contribution in [1.82, 2.24) is 9.78 Å². The number of nitrogens with zero attached hydrogens (tertiary/aromatic N) is 2. The van der Waals surface area contributed by atoms with Crippen molar-refractivity contribution in [3.8, 4) is 0 Å². The molecule has 0 fully saturated rings. The molecule has 1 aromatic carbocycles. The number of aromatic nitrogens is 2. The molecule has 2 rings (SSSR count). The number of benzene rings is 1. The Morgan fingerprint density at radius 2 is 2.19 bits per heavy atom. The van der Waals surface area contributed by atoms with Crippen molar-refractivity contribution < 1.29 is 19.1 Å². The van der Waals surface area contributed by atoms with Gasteiger partial charge in [-0.2, -0.15) is 5.10 Å². The fourth-order valence-corrected chi connectivity index (χ4v) is 1.79. The van der Waals surface area contributed by atoms with Gasteiger partial charge in [0.1, 0.15) is 5.82 Å². The maximum Gasteiger partial charge on any atom is 0.338 e. The molecule has 0 spiro atoms. The van der Waals surface area contributed by atoms with Crippen LogP contribution in [0.15, 0.2) is 30.6 Å². The standard InChI is InChI=1S/C14H14FN3O3/c1-9-6-11(15)2-3-12(9)17-13(19)4-5-18-8-10(7-16-18)14(20)21/h2-3,6-8H,4-5H2,1H3,(H,17,19)(H,20,21). The molecule has 0 atom stereocenters. The number of halogens is 1. The van der Waals surface area contributed by atoms with Gasteiger partial charge >= 0.3 is 5.97 Å². The van der Waals surface area contributed by atoms with E-state index in [4.69, 9.17) is 5.11 Å². The van der Waals surface area contributed by atoms with Gasteiger partial charge in [0.2, 0.25) is 5.91 Å². The Labute approximate surface area is 120 Å². The van der Waals surface area contributed by atoms with Crippen molar-refractivity contribution in [1.29, 1.82) is 0 Å². The normalized spacial score (nSPS) is 10.4. The van der Waals surface area contributed by atoms with Crippen LogP contribution in [0.5, 0.6) is 0 Å². The van der Waals surface area contributed by atoms with Crippen LogP contribution in [-0.2, 0) is 11.3 Å². The van der Waals surface area contributed by atoms with E-state index in [1.54, 1.807) is 6.92 Å². The van der Waals surface area contributed by atoms with Crippen molar-refractivity contribution in [2.75, 3.05) is 5.32 Å². The second-order valence-corrected chi connectivity index (χ2v) is 4.55. The minimum atomic E-state index is -1.06. The van der Waals surface area contributed by atoms with Crippen LogP contribution in [0.3, 0.4) is 0 Å². The summed E-state index contributed by atoms with van der Waals surface area (Å²) in [4.78, 5) is 22.5. The van der Waals surface area contributed by atoms with E-state index in [0.717, 1.165) is 0 Å². The first kappa shape index (κ1) is 14.7. The van der Waals surface area contributed by atoms with Gasteiger partial charge < -0.3 is 10.4 Å². The Morgan fingerprint density at radius 1 is 1.43 bits per heavy atom. The third-order valence-electron chi connectivity index (χ3n) is 2.91. The van der Waals surface area contributed by atoms with Gasteiger partial charge in [0.25, 0.3) is 0 Å². The minimum absolute atomic E-state index is 0.0739. The number of amides is 1. The molecule has 0 aliphatic heterocycles. The maximum atomic E-state index is 12.9. The van der Waals surface area contributed by atoms with Crippen LogP contribution in [0.2, 0.25) is 0 Å². The SMILES string of the molecule is Cc1cc(F)ccc1NC(=O)CCn1cc(C(=O)O)cn1. The van der Waals surface area contributed by atoms with Crippen molar-refractivity contribution in [3.05, 3.63) is 47.5 Å². The fraction of sp³-hybridized carbons (Fsp3) is 0.214. The summed E-state index contributed by atoms with van der Waals surface area (Å²) in [6.07, 6.45) is 2.72. The van der Waals surface area contributed by atoms with Crippen molar-refractivity contribution >= 4 is 17.6 Å². The highest BCUT2D eigenvalue weighted by molar-refractivity contribution is 5.91. The molecule has 2 N–H and O–H groups in total. The molecule has 7 heteroatoms. The van der Waals surface area contributed by atoms with Gasteiger partial charge in [-0.05, 0) is 30.7 Å². The zero-order valence-electron chi connectivity index (χ0n) is 11.3. The Bertz CT molecular complexity index is 682. The van der Waals surface area contributed by atoms with Crippen LogP contribution in [0.4, 0.5) is 10.1 Å². The highest BCUT2D eigenvalue weighted by Crippen LogP contribution is 2.15. The first-order valence-corrected chi connectivity index (χ1v) is 6.27. The number of anilines is 1. The molecule has 0 saturated heterocycles. The quantitative estimate of drug-likeness (QED) is 0.883. The number of carbonyl (C=O) groups excluding carboxylic acids is 1. The molecule has 1 aromatic heterocycles. The number of carboxylic acids is 1. The smallest absolute Gasteiger partial charge is 0.338 e. The number of carboxylic acid groups (broad SMARTS) is 1. The van der Waals surface area contributed by atoms with Crippen LogP contribution in [0.1, 0.15) is 22.3 Å². The summed E-state index contributed by atoms with van der Waals surface area (Å²) in [6, 6.07) is 4.11. The first-order chi connectivity index (χ1) is 9.95. The van der Waals surface area contributed by atoms with Gasteiger partial charge in [0.15, 0.2) is 0 Å². The number of nitrogens with one attached hydrogen (secondary N) is 1. The third kappa shape index (κ3) is 3.88. The van der Waals surface area contributed by atoms with Crippen molar-refractivity contribution in [2.24, 2.45) is 0 Å². The van der Waals surface area contributed by atoms with E-state index in [9.17, 15) is 14.0 Å². The molecule has 0 radical (unpaired) electrons. The Balaban J connectivity index is 1.91. The lowest BCUT2D eigenvalue weighted by molar-refractivity contribution is -0.116. The summed E-state index contributed by atoms with van der Waals surface area (Å²) in [5, 5.41) is 15.3. The lowest BCUT2D eigenvalue weighted by Gasteiger charge is -2.08. The topological polar surface area (TPSA) is 84.2 Å². The lowest BCUT2D eigenvalue weighted by Crippen LogP contribution is -2.15. The van der Waals surface area contributed by atoms with Gasteiger partial charge in [-0.1, -0.05) is 0 Å². The van der Waals surface area contributed by atoms with E-state index < -0.39 is 5.97 Å². The predicted octanol–water partition coefficient (Wildman–Crippen LogP) is 2.06. The van der Waals surface area contributed by atoms with Gasteiger partial charge in [0, 0.05) is 24.8 Å². The zero-order chi connectivity index (χ0) is 15.4. The molecule has 0 saturated carbocycles. The molecular weight excluding hydrogens is 277 g/mol. The summed E-state index contributed by atoms with van der Waals surface area (Å²) in [7, 11) is 0. The van der Waals surface area contributed by atoms with E-state index in [2.05, 4.69) is 10.4 Å². The monoisotopic (exact) mass is 291 g/mol. The number of hydrogen-bond acceptors (Lipinski definition) is 3. The molecule has 0 aliphatic rings. The number of carbonyl (C=O) groups is 2. The van der Waals surface area contributed by atoms with E-state index in [-0.39, 0.29) is 30.3 Å². The minimum Gasteiger partial charge on any atom is -0.478 e. The Morgan fingerprint density at radius 3 is 2.81 bits per heavy atom. The van der Waals surface area contributed by atoms with Gasteiger partial charge in [-0.3, -0.25) is 9.48 Å². The molecular formula is C14H14FN3O3. The molecule has 21 heavy (non-hydrogen) atoms.